The summed E-state index contributed by atoms with van der Waals surface area (Å²) in [5.74, 6) is 2.54. The van der Waals surface area contributed by atoms with Crippen LogP contribution in [0.5, 0.6) is 0 Å². The third-order valence-electron chi connectivity index (χ3n) is 2.66. The minimum Gasteiger partial charge on any atom is -0.379 e. The lowest BCUT2D eigenvalue weighted by molar-refractivity contribution is -0.00532. The molecule has 1 fully saturated rings. The van der Waals surface area contributed by atoms with Crippen molar-refractivity contribution in [3.8, 4) is 12.3 Å². The second-order valence-corrected chi connectivity index (χ2v) is 3.60. The van der Waals surface area contributed by atoms with Crippen molar-refractivity contribution in [3.63, 3.8) is 0 Å². The minimum absolute atomic E-state index is 0.107. The summed E-state index contributed by atoms with van der Waals surface area (Å²) in [4.78, 5) is 6.12. The number of morpholine rings is 1. The van der Waals surface area contributed by atoms with E-state index in [2.05, 4.69) is 15.8 Å². The van der Waals surface area contributed by atoms with E-state index >= 15 is 0 Å². The molecule has 0 aromatic heterocycles. The summed E-state index contributed by atoms with van der Waals surface area (Å²) >= 11 is 0. The molecule has 2 aliphatic rings. The van der Waals surface area contributed by atoms with Crippen LogP contribution in [0.15, 0.2) is 16.6 Å². The molecule has 0 aromatic rings. The van der Waals surface area contributed by atoms with Gasteiger partial charge in [-0.3, -0.25) is 9.89 Å². The number of nitrogens with zero attached hydrogens (tertiary/aromatic N) is 2. The Morgan fingerprint density at radius 3 is 2.93 bits per heavy atom. The summed E-state index contributed by atoms with van der Waals surface area (Å²) in [6.07, 6.45) is 8.03. The van der Waals surface area contributed by atoms with Crippen molar-refractivity contribution in [2.24, 2.45) is 4.99 Å². The predicted molar refractivity (Wildman–Crippen MR) is 57.6 cm³/mol. The third kappa shape index (κ3) is 2.26. The molecule has 2 unspecified atom stereocenters. The van der Waals surface area contributed by atoms with Gasteiger partial charge in [-0.05, 0) is 6.08 Å². The molecular formula is C11H14N2O2. The number of hydrogen-bond acceptors (Lipinski definition) is 4. The topological polar surface area (TPSA) is 45.1 Å². The van der Waals surface area contributed by atoms with Gasteiger partial charge in [0.25, 0.3) is 0 Å². The van der Waals surface area contributed by atoms with E-state index in [4.69, 9.17) is 11.2 Å². The summed E-state index contributed by atoms with van der Waals surface area (Å²) < 4.78 is 5.26. The van der Waals surface area contributed by atoms with Gasteiger partial charge < -0.3 is 9.84 Å². The lowest BCUT2D eigenvalue weighted by Crippen LogP contribution is -2.48. The number of allylic oxidation sites excluding steroid dienone is 1. The van der Waals surface area contributed by atoms with E-state index in [0.717, 1.165) is 18.7 Å². The Kier molecular flexibility index (Phi) is 3.17. The van der Waals surface area contributed by atoms with E-state index in [0.29, 0.717) is 13.2 Å². The van der Waals surface area contributed by atoms with Crippen LogP contribution in [0.1, 0.15) is 0 Å². The molecule has 2 rings (SSSR count). The first-order chi connectivity index (χ1) is 7.31. The van der Waals surface area contributed by atoms with Crippen LogP contribution in [0, 0.1) is 12.3 Å². The monoisotopic (exact) mass is 206 g/mol. The Bertz CT molecular complexity index is 324. The SMILES string of the molecule is C#CC1=CC(N2CCOCC2)C(O)N=C1. The quantitative estimate of drug-likeness (QED) is 0.596. The van der Waals surface area contributed by atoms with Gasteiger partial charge in [0.15, 0.2) is 6.23 Å². The molecule has 0 saturated carbocycles. The molecule has 2 aliphatic heterocycles. The van der Waals surface area contributed by atoms with Gasteiger partial charge in [0.2, 0.25) is 0 Å². The van der Waals surface area contributed by atoms with Crippen LogP contribution < -0.4 is 0 Å². The number of dihydropyridines is 1. The zero-order valence-electron chi connectivity index (χ0n) is 8.47. The summed E-state index contributed by atoms with van der Waals surface area (Å²) in [5.41, 5.74) is 0.733. The number of hydrogen-bond donors (Lipinski definition) is 1. The lowest BCUT2D eigenvalue weighted by atomic mass is 10.1. The van der Waals surface area contributed by atoms with Crippen molar-refractivity contribution < 1.29 is 9.84 Å². The second kappa shape index (κ2) is 4.58. The summed E-state index contributed by atoms with van der Waals surface area (Å²) in [7, 11) is 0. The van der Waals surface area contributed by atoms with Crippen molar-refractivity contribution in [3.05, 3.63) is 11.6 Å². The standard InChI is InChI=1S/C11H14N2O2/c1-2-9-7-10(11(14)12-8-9)13-3-5-15-6-4-13/h1,7-8,10-11,14H,3-6H2. The average Bonchev–Trinajstić information content (AvgIpc) is 2.31. The van der Waals surface area contributed by atoms with E-state index < -0.39 is 6.23 Å². The fourth-order valence-corrected chi connectivity index (χ4v) is 1.81. The normalized spacial score (nSPS) is 32.1. The molecule has 2 heterocycles. The average molecular weight is 206 g/mol. The first kappa shape index (κ1) is 10.4. The largest absolute Gasteiger partial charge is 0.379 e. The van der Waals surface area contributed by atoms with Gasteiger partial charge in [-0.1, -0.05) is 5.92 Å². The van der Waals surface area contributed by atoms with E-state index in [1.165, 1.54) is 0 Å². The number of aliphatic hydroxyl groups excluding tert-OH is 1. The maximum absolute atomic E-state index is 9.74. The Hall–Kier alpha value is -1.15. The third-order valence-corrected chi connectivity index (χ3v) is 2.66. The lowest BCUT2D eigenvalue weighted by Gasteiger charge is -2.35. The van der Waals surface area contributed by atoms with Gasteiger partial charge in [-0.15, -0.1) is 6.42 Å². The van der Waals surface area contributed by atoms with Crippen LogP contribution >= 0.6 is 0 Å². The van der Waals surface area contributed by atoms with Crippen molar-refractivity contribution >= 4 is 6.21 Å². The van der Waals surface area contributed by atoms with Crippen molar-refractivity contribution in [1.82, 2.24) is 4.90 Å². The highest BCUT2D eigenvalue weighted by atomic mass is 16.5. The van der Waals surface area contributed by atoms with Crippen LogP contribution in [0.25, 0.3) is 0 Å². The second-order valence-electron chi connectivity index (χ2n) is 3.60. The van der Waals surface area contributed by atoms with E-state index in [1.54, 1.807) is 6.21 Å². The number of aliphatic hydroxyl groups is 1. The van der Waals surface area contributed by atoms with Crippen LogP contribution in [0.3, 0.4) is 0 Å². The molecule has 0 spiro atoms. The molecule has 1 saturated heterocycles. The van der Waals surface area contributed by atoms with Gasteiger partial charge in [0.05, 0.1) is 19.3 Å². The zero-order valence-corrected chi connectivity index (χ0v) is 8.47. The van der Waals surface area contributed by atoms with Gasteiger partial charge in [-0.25, -0.2) is 0 Å². The van der Waals surface area contributed by atoms with Crippen LogP contribution in [-0.2, 0) is 4.74 Å². The molecule has 15 heavy (non-hydrogen) atoms. The van der Waals surface area contributed by atoms with Gasteiger partial charge in [0, 0.05) is 24.9 Å². The number of rotatable bonds is 1. The predicted octanol–water partition coefficient (Wildman–Crippen LogP) is -0.350. The molecule has 4 heteroatoms. The summed E-state index contributed by atoms with van der Waals surface area (Å²) in [6, 6.07) is -0.107. The highest BCUT2D eigenvalue weighted by Gasteiger charge is 2.27. The smallest absolute Gasteiger partial charge is 0.164 e. The molecule has 0 amide bonds. The molecule has 0 aliphatic carbocycles. The number of aliphatic imine (C=N–C) groups is 1. The molecule has 0 radical (unpaired) electrons. The van der Waals surface area contributed by atoms with Crippen LogP contribution in [-0.4, -0.2) is 54.8 Å². The van der Waals surface area contributed by atoms with E-state index in [-0.39, 0.29) is 6.04 Å². The van der Waals surface area contributed by atoms with Crippen LogP contribution in [0.2, 0.25) is 0 Å². The Labute approximate surface area is 89.2 Å². The highest BCUT2D eigenvalue weighted by Crippen LogP contribution is 2.15. The van der Waals surface area contributed by atoms with Gasteiger partial charge in [-0.2, -0.15) is 0 Å². The summed E-state index contributed by atoms with van der Waals surface area (Å²) in [6.45, 7) is 3.02. The van der Waals surface area contributed by atoms with Crippen molar-refractivity contribution in [2.75, 3.05) is 26.3 Å². The molecule has 0 aromatic carbocycles. The molecular weight excluding hydrogens is 192 g/mol. The summed E-state index contributed by atoms with van der Waals surface area (Å²) in [5, 5.41) is 9.74. The molecule has 1 N–H and O–H groups in total. The maximum Gasteiger partial charge on any atom is 0.164 e. The molecule has 4 nitrogen and oxygen atoms in total. The van der Waals surface area contributed by atoms with Gasteiger partial charge >= 0.3 is 0 Å². The first-order valence-electron chi connectivity index (χ1n) is 5.03. The Morgan fingerprint density at radius 2 is 2.27 bits per heavy atom. The number of terminal acetylenes is 1. The number of ether oxygens (including phenoxy) is 1. The Morgan fingerprint density at radius 1 is 1.53 bits per heavy atom. The zero-order chi connectivity index (χ0) is 10.7. The molecule has 0 bridgehead atoms. The first-order valence-corrected chi connectivity index (χ1v) is 5.03. The minimum atomic E-state index is -0.708. The molecule has 2 atom stereocenters. The fourth-order valence-electron chi connectivity index (χ4n) is 1.81. The highest BCUT2D eigenvalue weighted by molar-refractivity contribution is 5.85. The van der Waals surface area contributed by atoms with E-state index in [1.807, 2.05) is 6.08 Å². The van der Waals surface area contributed by atoms with Crippen LogP contribution in [0.4, 0.5) is 0 Å². The maximum atomic E-state index is 9.74. The fraction of sp³-hybridized carbons (Fsp3) is 0.545. The van der Waals surface area contributed by atoms with Gasteiger partial charge in [0.1, 0.15) is 0 Å². The van der Waals surface area contributed by atoms with Crippen molar-refractivity contribution in [2.45, 2.75) is 12.3 Å². The van der Waals surface area contributed by atoms with Crippen molar-refractivity contribution in [1.29, 1.82) is 0 Å². The Balaban J connectivity index is 2.10. The molecule has 80 valence electrons. The van der Waals surface area contributed by atoms with E-state index in [9.17, 15) is 5.11 Å².